The lowest BCUT2D eigenvalue weighted by molar-refractivity contribution is 0.257. The summed E-state index contributed by atoms with van der Waals surface area (Å²) in [5.74, 6) is 0.517. The molecule has 5 N–H and O–H groups in total. The standard InChI is InChI=1S/C16H18N2O3/c17-13-3-1-2-4-16(13)21-9-12-5-10-6-14(19)15(20)7-11(10)8-18-12/h1-4,6-7,12,18-20H,5,8-9,17H2. The van der Waals surface area contributed by atoms with E-state index in [-0.39, 0.29) is 17.5 Å². The van der Waals surface area contributed by atoms with Crippen LogP contribution in [0.1, 0.15) is 11.1 Å². The number of anilines is 1. The second kappa shape index (κ2) is 5.54. The predicted molar refractivity (Wildman–Crippen MR) is 80.5 cm³/mol. The molecule has 0 bridgehead atoms. The van der Waals surface area contributed by atoms with Gasteiger partial charge in [-0.15, -0.1) is 0 Å². The van der Waals surface area contributed by atoms with Gasteiger partial charge in [-0.2, -0.15) is 0 Å². The zero-order chi connectivity index (χ0) is 14.8. The van der Waals surface area contributed by atoms with Crippen molar-refractivity contribution in [3.63, 3.8) is 0 Å². The van der Waals surface area contributed by atoms with Crippen LogP contribution in [0.5, 0.6) is 17.2 Å². The van der Waals surface area contributed by atoms with Crippen LogP contribution in [-0.4, -0.2) is 22.9 Å². The Kier molecular flexibility index (Phi) is 3.58. The van der Waals surface area contributed by atoms with Gasteiger partial charge in [-0.3, -0.25) is 0 Å². The Balaban J connectivity index is 1.67. The number of phenols is 2. The highest BCUT2D eigenvalue weighted by molar-refractivity contribution is 5.52. The lowest BCUT2D eigenvalue weighted by Gasteiger charge is -2.26. The number of para-hydroxylation sites is 2. The Morgan fingerprint density at radius 1 is 1.14 bits per heavy atom. The number of ether oxygens (including phenoxy) is 1. The lowest BCUT2D eigenvalue weighted by Crippen LogP contribution is -2.40. The molecule has 0 radical (unpaired) electrons. The predicted octanol–water partition coefficient (Wildman–Crippen LogP) is 1.77. The van der Waals surface area contributed by atoms with E-state index in [0.29, 0.717) is 24.6 Å². The first-order valence-corrected chi connectivity index (χ1v) is 6.88. The molecule has 2 aromatic rings. The van der Waals surface area contributed by atoms with Gasteiger partial charge in [0, 0.05) is 12.6 Å². The van der Waals surface area contributed by atoms with Crippen LogP contribution in [0.25, 0.3) is 0 Å². The Labute approximate surface area is 123 Å². The maximum atomic E-state index is 9.59. The number of rotatable bonds is 3. The van der Waals surface area contributed by atoms with Gasteiger partial charge in [-0.05, 0) is 41.8 Å². The number of hydrogen-bond acceptors (Lipinski definition) is 5. The van der Waals surface area contributed by atoms with Crippen molar-refractivity contribution in [3.05, 3.63) is 47.5 Å². The molecule has 0 aromatic heterocycles. The molecule has 1 atom stereocenters. The number of benzene rings is 2. The third kappa shape index (κ3) is 2.87. The summed E-state index contributed by atoms with van der Waals surface area (Å²) in [7, 11) is 0. The number of fused-ring (bicyclic) bond motifs is 1. The molecule has 1 unspecified atom stereocenters. The topological polar surface area (TPSA) is 87.7 Å². The van der Waals surface area contributed by atoms with Crippen LogP contribution < -0.4 is 15.8 Å². The number of nitrogen functional groups attached to an aromatic ring is 1. The summed E-state index contributed by atoms with van der Waals surface area (Å²) in [6.07, 6.45) is 0.732. The molecule has 1 aliphatic rings. The van der Waals surface area contributed by atoms with E-state index in [1.807, 2.05) is 18.2 Å². The van der Waals surface area contributed by atoms with E-state index in [1.165, 1.54) is 0 Å². The van der Waals surface area contributed by atoms with Crippen molar-refractivity contribution in [3.8, 4) is 17.2 Å². The summed E-state index contributed by atoms with van der Waals surface area (Å²) in [5, 5.41) is 22.4. The minimum atomic E-state index is -0.0812. The smallest absolute Gasteiger partial charge is 0.157 e. The highest BCUT2D eigenvalue weighted by Crippen LogP contribution is 2.31. The minimum absolute atomic E-state index is 0.0809. The summed E-state index contributed by atoms with van der Waals surface area (Å²) in [5.41, 5.74) is 8.49. The van der Waals surface area contributed by atoms with Gasteiger partial charge in [-0.25, -0.2) is 0 Å². The van der Waals surface area contributed by atoms with Gasteiger partial charge < -0.3 is 26.0 Å². The van der Waals surface area contributed by atoms with Crippen LogP contribution >= 0.6 is 0 Å². The Bertz CT molecular complexity index is 658. The first-order valence-electron chi connectivity index (χ1n) is 6.88. The number of aromatic hydroxyl groups is 2. The van der Waals surface area contributed by atoms with Crippen LogP contribution in [0.2, 0.25) is 0 Å². The fourth-order valence-electron chi connectivity index (χ4n) is 2.53. The van der Waals surface area contributed by atoms with Crippen molar-refractivity contribution in [2.45, 2.75) is 19.0 Å². The Morgan fingerprint density at radius 2 is 1.86 bits per heavy atom. The van der Waals surface area contributed by atoms with Crippen molar-refractivity contribution in [1.29, 1.82) is 0 Å². The summed E-state index contributed by atoms with van der Waals surface area (Å²) >= 11 is 0. The van der Waals surface area contributed by atoms with E-state index >= 15 is 0 Å². The maximum absolute atomic E-state index is 9.59. The molecule has 0 saturated carbocycles. The van der Waals surface area contributed by atoms with E-state index in [1.54, 1.807) is 18.2 Å². The second-order valence-corrected chi connectivity index (χ2v) is 5.24. The minimum Gasteiger partial charge on any atom is -0.504 e. The molecule has 5 nitrogen and oxygen atoms in total. The molecular formula is C16H18N2O3. The molecule has 0 fully saturated rings. The van der Waals surface area contributed by atoms with E-state index < -0.39 is 0 Å². The monoisotopic (exact) mass is 286 g/mol. The number of nitrogens with one attached hydrogen (secondary N) is 1. The van der Waals surface area contributed by atoms with Gasteiger partial charge >= 0.3 is 0 Å². The molecule has 0 saturated heterocycles. The van der Waals surface area contributed by atoms with E-state index in [0.717, 1.165) is 17.5 Å². The molecule has 0 aliphatic carbocycles. The van der Waals surface area contributed by atoms with Gasteiger partial charge in [0.15, 0.2) is 11.5 Å². The van der Waals surface area contributed by atoms with Crippen LogP contribution in [0.3, 0.4) is 0 Å². The Morgan fingerprint density at radius 3 is 2.62 bits per heavy atom. The molecule has 5 heteroatoms. The summed E-state index contributed by atoms with van der Waals surface area (Å²) in [6, 6.07) is 10.8. The van der Waals surface area contributed by atoms with E-state index in [2.05, 4.69) is 5.32 Å². The largest absolute Gasteiger partial charge is 0.504 e. The van der Waals surface area contributed by atoms with Crippen LogP contribution in [0.4, 0.5) is 5.69 Å². The fraction of sp³-hybridized carbons (Fsp3) is 0.250. The summed E-state index contributed by atoms with van der Waals surface area (Å²) in [6.45, 7) is 1.14. The highest BCUT2D eigenvalue weighted by atomic mass is 16.5. The third-order valence-electron chi connectivity index (χ3n) is 3.70. The maximum Gasteiger partial charge on any atom is 0.157 e. The van der Waals surface area contributed by atoms with Gasteiger partial charge in [-0.1, -0.05) is 12.1 Å². The first kappa shape index (κ1) is 13.6. The van der Waals surface area contributed by atoms with Crippen LogP contribution in [0, 0.1) is 0 Å². The molecule has 1 aliphatic heterocycles. The van der Waals surface area contributed by atoms with Gasteiger partial charge in [0.2, 0.25) is 0 Å². The zero-order valence-corrected chi connectivity index (χ0v) is 11.5. The van der Waals surface area contributed by atoms with Crippen molar-refractivity contribution in [2.75, 3.05) is 12.3 Å². The van der Waals surface area contributed by atoms with E-state index in [4.69, 9.17) is 10.5 Å². The number of nitrogens with two attached hydrogens (primary N) is 1. The molecule has 110 valence electrons. The Hall–Kier alpha value is -2.40. The zero-order valence-electron chi connectivity index (χ0n) is 11.5. The molecule has 0 spiro atoms. The highest BCUT2D eigenvalue weighted by Gasteiger charge is 2.20. The molecule has 21 heavy (non-hydrogen) atoms. The van der Waals surface area contributed by atoms with Crippen LogP contribution in [0.15, 0.2) is 36.4 Å². The summed E-state index contributed by atoms with van der Waals surface area (Å²) < 4.78 is 5.75. The van der Waals surface area contributed by atoms with Gasteiger partial charge in [0.1, 0.15) is 12.4 Å². The van der Waals surface area contributed by atoms with Crippen LogP contribution in [-0.2, 0) is 13.0 Å². The SMILES string of the molecule is Nc1ccccc1OCC1Cc2cc(O)c(O)cc2CN1. The molecule has 3 rings (SSSR count). The van der Waals surface area contributed by atoms with Crippen molar-refractivity contribution in [1.82, 2.24) is 5.32 Å². The average Bonchev–Trinajstić information content (AvgIpc) is 2.48. The second-order valence-electron chi connectivity index (χ2n) is 5.24. The molecular weight excluding hydrogens is 268 g/mol. The van der Waals surface area contributed by atoms with Gasteiger partial charge in [0.25, 0.3) is 0 Å². The quantitative estimate of drug-likeness (QED) is 0.510. The normalized spacial score (nSPS) is 17.2. The first-order chi connectivity index (χ1) is 10.1. The summed E-state index contributed by atoms with van der Waals surface area (Å²) in [4.78, 5) is 0. The van der Waals surface area contributed by atoms with E-state index in [9.17, 15) is 10.2 Å². The molecule has 2 aromatic carbocycles. The third-order valence-corrected chi connectivity index (χ3v) is 3.70. The number of hydrogen-bond donors (Lipinski definition) is 4. The molecule has 0 amide bonds. The lowest BCUT2D eigenvalue weighted by atomic mass is 9.95. The average molecular weight is 286 g/mol. The van der Waals surface area contributed by atoms with Crippen molar-refractivity contribution in [2.24, 2.45) is 0 Å². The fourth-order valence-corrected chi connectivity index (χ4v) is 2.53. The van der Waals surface area contributed by atoms with Crippen molar-refractivity contribution >= 4 is 5.69 Å². The number of phenolic OH excluding ortho intramolecular Hbond substituents is 2. The molecule has 1 heterocycles. The van der Waals surface area contributed by atoms with Crippen molar-refractivity contribution < 1.29 is 14.9 Å². The van der Waals surface area contributed by atoms with Gasteiger partial charge in [0.05, 0.1) is 5.69 Å².